The van der Waals surface area contributed by atoms with Crippen LogP contribution in [0.5, 0.6) is 0 Å². The Kier molecular flexibility index (Phi) is 4.66. The van der Waals surface area contributed by atoms with Crippen LogP contribution in [0.4, 0.5) is 0 Å². The summed E-state index contributed by atoms with van der Waals surface area (Å²) in [7, 11) is 0. The van der Waals surface area contributed by atoms with Crippen molar-refractivity contribution in [3.05, 3.63) is 39.7 Å². The van der Waals surface area contributed by atoms with Crippen LogP contribution < -0.4 is 11.1 Å². The highest BCUT2D eigenvalue weighted by atomic mass is 35.5. The zero-order chi connectivity index (χ0) is 16.4. The molecule has 0 atom stereocenters. The summed E-state index contributed by atoms with van der Waals surface area (Å²) in [6.07, 6.45) is 0.771. The quantitative estimate of drug-likeness (QED) is 0.618. The Bertz CT molecular complexity index is 816. The van der Waals surface area contributed by atoms with E-state index in [0.29, 0.717) is 23.0 Å². The molecule has 0 aliphatic carbocycles. The van der Waals surface area contributed by atoms with Crippen molar-refractivity contribution in [2.24, 2.45) is 5.73 Å². The smallest absolute Gasteiger partial charge is 0.261 e. The van der Waals surface area contributed by atoms with E-state index in [1.54, 1.807) is 0 Å². The standard InChI is InChI=1S/C16H17ClN4OS/c1-9-7-11-12(8-10(9)17)21-15(20-11)13-3-4-14(23-13)16(22)19-6-2-5-18/h3-4,7-8H,2,5-6,18H2,1H3,(H,19,22)(H,20,21). The van der Waals surface area contributed by atoms with E-state index >= 15 is 0 Å². The van der Waals surface area contributed by atoms with E-state index < -0.39 is 0 Å². The van der Waals surface area contributed by atoms with Gasteiger partial charge in [0.05, 0.1) is 20.8 Å². The third-order valence-corrected chi connectivity index (χ3v) is 4.99. The third-order valence-electron chi connectivity index (χ3n) is 3.49. The van der Waals surface area contributed by atoms with Gasteiger partial charge in [-0.25, -0.2) is 4.98 Å². The number of nitrogens with zero attached hydrogens (tertiary/aromatic N) is 1. The molecule has 120 valence electrons. The van der Waals surface area contributed by atoms with Gasteiger partial charge in [0.1, 0.15) is 5.82 Å². The van der Waals surface area contributed by atoms with Crippen LogP contribution in [0.1, 0.15) is 21.7 Å². The van der Waals surface area contributed by atoms with Crippen LogP contribution in [0.15, 0.2) is 24.3 Å². The lowest BCUT2D eigenvalue weighted by Crippen LogP contribution is -2.25. The fourth-order valence-corrected chi connectivity index (χ4v) is 3.26. The van der Waals surface area contributed by atoms with Gasteiger partial charge in [0, 0.05) is 11.6 Å². The van der Waals surface area contributed by atoms with E-state index in [4.69, 9.17) is 17.3 Å². The minimum Gasteiger partial charge on any atom is -0.351 e. The molecule has 4 N–H and O–H groups in total. The number of thiophene rings is 1. The Balaban J connectivity index is 1.84. The van der Waals surface area contributed by atoms with Gasteiger partial charge in [-0.3, -0.25) is 4.79 Å². The monoisotopic (exact) mass is 348 g/mol. The fourth-order valence-electron chi connectivity index (χ4n) is 2.23. The zero-order valence-electron chi connectivity index (χ0n) is 12.6. The maximum absolute atomic E-state index is 12.0. The molecule has 2 heterocycles. The van der Waals surface area contributed by atoms with Crippen LogP contribution in [0.2, 0.25) is 5.02 Å². The van der Waals surface area contributed by atoms with Crippen LogP contribution in [0.3, 0.4) is 0 Å². The number of hydrogen-bond donors (Lipinski definition) is 3. The summed E-state index contributed by atoms with van der Waals surface area (Å²) in [4.78, 5) is 21.4. The Morgan fingerprint density at radius 2 is 2.26 bits per heavy atom. The van der Waals surface area contributed by atoms with Gasteiger partial charge in [0.25, 0.3) is 5.91 Å². The summed E-state index contributed by atoms with van der Waals surface area (Å²) in [5, 5.41) is 3.55. The van der Waals surface area contributed by atoms with E-state index in [1.165, 1.54) is 11.3 Å². The third kappa shape index (κ3) is 3.39. The van der Waals surface area contributed by atoms with Crippen LogP contribution in [-0.2, 0) is 0 Å². The highest BCUT2D eigenvalue weighted by Gasteiger charge is 2.13. The number of benzene rings is 1. The highest BCUT2D eigenvalue weighted by molar-refractivity contribution is 7.17. The Hall–Kier alpha value is -1.89. The van der Waals surface area contributed by atoms with Gasteiger partial charge in [-0.2, -0.15) is 0 Å². The molecular weight excluding hydrogens is 332 g/mol. The number of aromatic nitrogens is 2. The zero-order valence-corrected chi connectivity index (χ0v) is 14.2. The number of hydrogen-bond acceptors (Lipinski definition) is 4. The van der Waals surface area contributed by atoms with E-state index in [9.17, 15) is 4.79 Å². The minimum atomic E-state index is -0.0790. The van der Waals surface area contributed by atoms with E-state index in [-0.39, 0.29) is 5.91 Å². The molecule has 3 aromatic rings. The molecule has 0 radical (unpaired) electrons. The van der Waals surface area contributed by atoms with Crippen LogP contribution in [0, 0.1) is 6.92 Å². The molecular formula is C16H17ClN4OS. The lowest BCUT2D eigenvalue weighted by molar-refractivity contribution is 0.0957. The number of aromatic amines is 1. The van der Waals surface area contributed by atoms with Crippen molar-refractivity contribution in [1.29, 1.82) is 0 Å². The van der Waals surface area contributed by atoms with E-state index in [0.717, 1.165) is 33.7 Å². The fraction of sp³-hybridized carbons (Fsp3) is 0.250. The lowest BCUT2D eigenvalue weighted by Gasteiger charge is -2.00. The molecule has 23 heavy (non-hydrogen) atoms. The molecule has 0 spiro atoms. The number of nitrogens with one attached hydrogen (secondary N) is 2. The molecule has 1 amide bonds. The van der Waals surface area contributed by atoms with Crippen molar-refractivity contribution in [2.45, 2.75) is 13.3 Å². The average molecular weight is 349 g/mol. The van der Waals surface area contributed by atoms with Gasteiger partial charge in [-0.05, 0) is 49.7 Å². The summed E-state index contributed by atoms with van der Waals surface area (Å²) >= 11 is 7.54. The first kappa shape index (κ1) is 16.0. The van der Waals surface area contributed by atoms with Crippen molar-refractivity contribution < 1.29 is 4.79 Å². The maximum atomic E-state index is 12.0. The summed E-state index contributed by atoms with van der Waals surface area (Å²) < 4.78 is 0. The second-order valence-electron chi connectivity index (χ2n) is 5.27. The number of amides is 1. The van der Waals surface area contributed by atoms with Crippen molar-refractivity contribution in [3.8, 4) is 10.7 Å². The highest BCUT2D eigenvalue weighted by Crippen LogP contribution is 2.29. The van der Waals surface area contributed by atoms with Gasteiger partial charge in [0.15, 0.2) is 0 Å². The molecule has 3 rings (SSSR count). The van der Waals surface area contributed by atoms with Crippen molar-refractivity contribution >= 4 is 39.9 Å². The number of halogens is 1. The molecule has 0 saturated heterocycles. The Morgan fingerprint density at radius 1 is 1.43 bits per heavy atom. The second-order valence-corrected chi connectivity index (χ2v) is 6.76. The molecule has 1 aromatic carbocycles. The predicted octanol–water partition coefficient (Wildman–Crippen LogP) is 3.33. The number of H-pyrrole nitrogens is 1. The van der Waals surface area contributed by atoms with Crippen molar-refractivity contribution in [1.82, 2.24) is 15.3 Å². The van der Waals surface area contributed by atoms with Gasteiger partial charge in [-0.15, -0.1) is 11.3 Å². The maximum Gasteiger partial charge on any atom is 0.261 e. The van der Waals surface area contributed by atoms with Gasteiger partial charge in [-0.1, -0.05) is 11.6 Å². The van der Waals surface area contributed by atoms with Crippen molar-refractivity contribution in [3.63, 3.8) is 0 Å². The molecule has 0 saturated carbocycles. The second kappa shape index (κ2) is 6.70. The molecule has 0 unspecified atom stereocenters. The Morgan fingerprint density at radius 3 is 3.04 bits per heavy atom. The number of fused-ring (bicyclic) bond motifs is 1. The van der Waals surface area contributed by atoms with Crippen LogP contribution in [0.25, 0.3) is 21.7 Å². The first-order valence-corrected chi connectivity index (χ1v) is 8.52. The number of imidazole rings is 1. The van der Waals surface area contributed by atoms with E-state index in [1.807, 2.05) is 31.2 Å². The van der Waals surface area contributed by atoms with Crippen LogP contribution >= 0.6 is 22.9 Å². The number of nitrogens with two attached hydrogens (primary N) is 1. The Labute approximate surface area is 142 Å². The van der Waals surface area contributed by atoms with Gasteiger partial charge < -0.3 is 16.0 Å². The number of carbonyl (C=O) groups excluding carboxylic acids is 1. The molecule has 0 aliphatic heterocycles. The first-order valence-electron chi connectivity index (χ1n) is 7.33. The summed E-state index contributed by atoms with van der Waals surface area (Å²) in [6.45, 7) is 3.11. The normalized spacial score (nSPS) is 11.1. The molecule has 0 bridgehead atoms. The minimum absolute atomic E-state index is 0.0790. The summed E-state index contributed by atoms with van der Waals surface area (Å²) in [5.74, 6) is 0.664. The summed E-state index contributed by atoms with van der Waals surface area (Å²) in [6, 6.07) is 7.53. The SMILES string of the molecule is Cc1cc2[nH]c(-c3ccc(C(=O)NCCCN)s3)nc2cc1Cl. The average Bonchev–Trinajstić information content (AvgIpc) is 3.14. The number of rotatable bonds is 5. The van der Waals surface area contributed by atoms with Crippen LogP contribution in [-0.4, -0.2) is 29.0 Å². The van der Waals surface area contributed by atoms with E-state index in [2.05, 4.69) is 15.3 Å². The summed E-state index contributed by atoms with van der Waals surface area (Å²) in [5.41, 5.74) is 8.17. The first-order chi connectivity index (χ1) is 11.1. The van der Waals surface area contributed by atoms with Gasteiger partial charge in [0.2, 0.25) is 0 Å². The predicted molar refractivity (Wildman–Crippen MR) is 95.2 cm³/mol. The molecule has 2 aromatic heterocycles. The topological polar surface area (TPSA) is 83.8 Å². The molecule has 0 fully saturated rings. The number of carbonyl (C=O) groups is 1. The largest absolute Gasteiger partial charge is 0.351 e. The molecule has 0 aliphatic rings. The number of aryl methyl sites for hydroxylation is 1. The molecule has 5 nitrogen and oxygen atoms in total. The lowest BCUT2D eigenvalue weighted by atomic mass is 10.2. The molecule has 7 heteroatoms. The van der Waals surface area contributed by atoms with Gasteiger partial charge >= 0.3 is 0 Å². The van der Waals surface area contributed by atoms with Crippen molar-refractivity contribution in [2.75, 3.05) is 13.1 Å².